The first kappa shape index (κ1) is 14.8. The largest absolute Gasteiger partial charge is 0.482 e. The molecule has 0 bridgehead atoms. The Morgan fingerprint density at radius 1 is 1.43 bits per heavy atom. The van der Waals surface area contributed by atoms with Gasteiger partial charge in [0.25, 0.3) is 5.91 Å². The number of carboxylic acids is 1. The minimum atomic E-state index is -0.987. The van der Waals surface area contributed by atoms with Crippen molar-refractivity contribution in [3.8, 4) is 5.75 Å². The van der Waals surface area contributed by atoms with Crippen molar-refractivity contribution in [3.05, 3.63) is 23.8 Å². The molecule has 0 unspecified atom stereocenters. The maximum absolute atomic E-state index is 11.9. The van der Waals surface area contributed by atoms with Crippen molar-refractivity contribution in [1.82, 2.24) is 5.32 Å². The van der Waals surface area contributed by atoms with E-state index >= 15 is 0 Å². The molecule has 7 heteroatoms. The summed E-state index contributed by atoms with van der Waals surface area (Å²) in [5.41, 5.74) is 1.50. The third-order valence-corrected chi connectivity index (χ3v) is 3.02. The van der Waals surface area contributed by atoms with Crippen molar-refractivity contribution in [3.63, 3.8) is 0 Å². The molecule has 2 amide bonds. The number of hydrogen-bond donors (Lipinski definition) is 2. The van der Waals surface area contributed by atoms with Gasteiger partial charge in [0.1, 0.15) is 12.3 Å². The lowest BCUT2D eigenvalue weighted by Crippen LogP contribution is -2.45. The quantitative estimate of drug-likeness (QED) is 0.814. The van der Waals surface area contributed by atoms with Crippen LogP contribution in [0.2, 0.25) is 0 Å². The molecule has 1 aromatic rings. The van der Waals surface area contributed by atoms with E-state index in [4.69, 9.17) is 9.84 Å². The van der Waals surface area contributed by atoms with Gasteiger partial charge in [0.05, 0.1) is 12.1 Å². The number of rotatable bonds is 5. The number of aliphatic carboxylic acids is 1. The average molecular weight is 292 g/mol. The topological polar surface area (TPSA) is 95.9 Å². The number of carbonyl (C=O) groups excluding carboxylic acids is 2. The Labute approximate surface area is 121 Å². The second-order valence-corrected chi connectivity index (χ2v) is 4.73. The number of hydrogen-bond acceptors (Lipinski definition) is 4. The van der Waals surface area contributed by atoms with Gasteiger partial charge in [0.2, 0.25) is 5.91 Å². The molecule has 7 nitrogen and oxygen atoms in total. The fourth-order valence-electron chi connectivity index (χ4n) is 1.99. The molecule has 0 radical (unpaired) electrons. The van der Waals surface area contributed by atoms with Crippen molar-refractivity contribution >= 4 is 23.5 Å². The van der Waals surface area contributed by atoms with Crippen LogP contribution in [0.5, 0.6) is 5.75 Å². The number of aryl methyl sites for hydroxylation is 1. The molecule has 0 aliphatic carbocycles. The molecule has 1 aliphatic rings. The highest BCUT2D eigenvalue weighted by Crippen LogP contribution is 2.32. The highest BCUT2D eigenvalue weighted by molar-refractivity contribution is 6.02. The minimum absolute atomic E-state index is 0.0351. The Balaban J connectivity index is 2.05. The number of ether oxygens (including phenoxy) is 1. The molecular weight excluding hydrogens is 276 g/mol. The van der Waals surface area contributed by atoms with Crippen molar-refractivity contribution in [2.24, 2.45) is 0 Å². The van der Waals surface area contributed by atoms with Gasteiger partial charge in [0, 0.05) is 6.54 Å². The first-order valence-corrected chi connectivity index (χ1v) is 6.49. The number of carboxylic acid groups (broad SMARTS) is 1. The molecule has 1 heterocycles. The molecular formula is C14H16N2O5. The lowest BCUT2D eigenvalue weighted by atomic mass is 10.1. The number of benzene rings is 1. The molecule has 2 rings (SSSR count). The maximum Gasteiger partial charge on any atom is 0.305 e. The van der Waals surface area contributed by atoms with Crippen molar-refractivity contribution in [2.45, 2.75) is 13.3 Å². The lowest BCUT2D eigenvalue weighted by Gasteiger charge is -2.29. The summed E-state index contributed by atoms with van der Waals surface area (Å²) in [6.45, 7) is 1.65. The van der Waals surface area contributed by atoms with Crippen molar-refractivity contribution in [1.29, 1.82) is 0 Å². The zero-order chi connectivity index (χ0) is 15.4. The van der Waals surface area contributed by atoms with Gasteiger partial charge in [-0.15, -0.1) is 0 Å². The lowest BCUT2D eigenvalue weighted by molar-refractivity contribution is -0.137. The van der Waals surface area contributed by atoms with Crippen LogP contribution in [0.3, 0.4) is 0 Å². The van der Waals surface area contributed by atoms with Gasteiger partial charge in [0.15, 0.2) is 6.61 Å². The standard InChI is InChI=1S/C14H16N2O5/c1-9-2-3-11-10(6-9)16(13(18)8-21-11)7-12(17)15-5-4-14(19)20/h2-3,6H,4-5,7-8H2,1H3,(H,15,17)(H,19,20). The van der Waals surface area contributed by atoms with Crippen molar-refractivity contribution < 1.29 is 24.2 Å². The van der Waals surface area contributed by atoms with Gasteiger partial charge in [-0.05, 0) is 24.6 Å². The number of amides is 2. The molecule has 0 saturated carbocycles. The normalized spacial score (nSPS) is 13.4. The van der Waals surface area contributed by atoms with Gasteiger partial charge in [-0.2, -0.15) is 0 Å². The van der Waals surface area contributed by atoms with Gasteiger partial charge in [-0.1, -0.05) is 6.07 Å². The van der Waals surface area contributed by atoms with Crippen LogP contribution in [-0.2, 0) is 14.4 Å². The first-order valence-electron chi connectivity index (χ1n) is 6.49. The molecule has 2 N–H and O–H groups in total. The Morgan fingerprint density at radius 2 is 2.19 bits per heavy atom. The summed E-state index contributed by atoms with van der Waals surface area (Å²) in [6, 6.07) is 5.39. The minimum Gasteiger partial charge on any atom is -0.482 e. The number of carbonyl (C=O) groups is 3. The zero-order valence-corrected chi connectivity index (χ0v) is 11.6. The molecule has 21 heavy (non-hydrogen) atoms. The predicted molar refractivity (Wildman–Crippen MR) is 74.3 cm³/mol. The second-order valence-electron chi connectivity index (χ2n) is 4.73. The summed E-state index contributed by atoms with van der Waals surface area (Å²) in [6.07, 6.45) is -0.154. The van der Waals surface area contributed by atoms with Crippen LogP contribution in [0, 0.1) is 6.92 Å². The summed E-state index contributed by atoms with van der Waals surface area (Å²) >= 11 is 0. The fraction of sp³-hybridized carbons (Fsp3) is 0.357. The molecule has 0 atom stereocenters. The first-order chi connectivity index (χ1) is 9.97. The molecule has 112 valence electrons. The molecule has 1 aromatic carbocycles. The molecule has 1 aliphatic heterocycles. The summed E-state index contributed by atoms with van der Waals surface area (Å²) in [5.74, 6) is -1.14. The highest BCUT2D eigenvalue weighted by atomic mass is 16.5. The van der Waals surface area contributed by atoms with Crippen LogP contribution in [-0.4, -0.2) is 42.6 Å². The van der Waals surface area contributed by atoms with E-state index in [9.17, 15) is 14.4 Å². The predicted octanol–water partition coefficient (Wildman–Crippen LogP) is 0.311. The summed E-state index contributed by atoms with van der Waals surface area (Å²) < 4.78 is 5.31. The van der Waals surface area contributed by atoms with E-state index in [1.54, 1.807) is 12.1 Å². The number of fused-ring (bicyclic) bond motifs is 1. The summed E-state index contributed by atoms with van der Waals surface area (Å²) in [7, 11) is 0. The van der Waals surface area contributed by atoms with Crippen LogP contribution in [0.25, 0.3) is 0 Å². The van der Waals surface area contributed by atoms with E-state index in [0.717, 1.165) is 5.56 Å². The van der Waals surface area contributed by atoms with E-state index in [1.165, 1.54) is 4.90 Å². The Hall–Kier alpha value is -2.57. The van der Waals surface area contributed by atoms with E-state index in [1.807, 2.05) is 13.0 Å². The van der Waals surface area contributed by atoms with Crippen LogP contribution in [0.4, 0.5) is 5.69 Å². The highest BCUT2D eigenvalue weighted by Gasteiger charge is 2.27. The number of nitrogens with zero attached hydrogens (tertiary/aromatic N) is 1. The molecule has 0 fully saturated rings. The Bertz CT molecular complexity index is 585. The van der Waals surface area contributed by atoms with E-state index in [-0.39, 0.29) is 32.0 Å². The summed E-state index contributed by atoms with van der Waals surface area (Å²) in [5, 5.41) is 11.0. The monoisotopic (exact) mass is 292 g/mol. The number of anilines is 1. The number of nitrogens with one attached hydrogen (secondary N) is 1. The third-order valence-electron chi connectivity index (χ3n) is 3.02. The fourth-order valence-corrected chi connectivity index (χ4v) is 1.99. The van der Waals surface area contributed by atoms with Gasteiger partial charge in [-0.25, -0.2) is 0 Å². The van der Waals surface area contributed by atoms with Gasteiger partial charge in [-0.3, -0.25) is 19.3 Å². The van der Waals surface area contributed by atoms with E-state index < -0.39 is 11.9 Å². The van der Waals surface area contributed by atoms with E-state index in [2.05, 4.69) is 5.32 Å². The maximum atomic E-state index is 11.9. The molecule has 0 spiro atoms. The van der Waals surface area contributed by atoms with Crippen LogP contribution in [0.15, 0.2) is 18.2 Å². The van der Waals surface area contributed by atoms with Crippen LogP contribution >= 0.6 is 0 Å². The van der Waals surface area contributed by atoms with Crippen LogP contribution < -0.4 is 15.0 Å². The third kappa shape index (κ3) is 3.71. The Kier molecular flexibility index (Phi) is 4.42. The Morgan fingerprint density at radius 3 is 2.90 bits per heavy atom. The SMILES string of the molecule is Cc1ccc2c(c1)N(CC(=O)NCCC(=O)O)C(=O)CO2. The molecule has 0 aromatic heterocycles. The van der Waals surface area contributed by atoms with Gasteiger partial charge >= 0.3 is 5.97 Å². The van der Waals surface area contributed by atoms with Gasteiger partial charge < -0.3 is 15.2 Å². The van der Waals surface area contributed by atoms with Crippen molar-refractivity contribution in [2.75, 3.05) is 24.6 Å². The molecule has 0 saturated heterocycles. The van der Waals surface area contributed by atoms with Crippen LogP contribution in [0.1, 0.15) is 12.0 Å². The summed E-state index contributed by atoms with van der Waals surface area (Å²) in [4.78, 5) is 35.4. The smallest absolute Gasteiger partial charge is 0.305 e. The zero-order valence-electron chi connectivity index (χ0n) is 11.6. The van der Waals surface area contributed by atoms with E-state index in [0.29, 0.717) is 11.4 Å². The second kappa shape index (κ2) is 6.25. The average Bonchev–Trinajstić information content (AvgIpc) is 2.42.